The summed E-state index contributed by atoms with van der Waals surface area (Å²) < 4.78 is 21.6. The summed E-state index contributed by atoms with van der Waals surface area (Å²) >= 11 is 13.0. The van der Waals surface area contributed by atoms with Crippen LogP contribution in [0.2, 0.25) is 0 Å². The zero-order valence-electron chi connectivity index (χ0n) is 7.17. The number of hydrogen-bond acceptors (Lipinski definition) is 3. The first-order chi connectivity index (χ1) is 6.67. The summed E-state index contributed by atoms with van der Waals surface area (Å²) in [6.07, 6.45) is -0.269. The summed E-state index contributed by atoms with van der Waals surface area (Å²) in [7, 11) is -2.05. The van der Waals surface area contributed by atoms with Crippen LogP contribution in [0, 0.1) is 0 Å². The molecule has 0 bridgehead atoms. The van der Waals surface area contributed by atoms with Crippen LogP contribution >= 0.6 is 72.0 Å². The quantitative estimate of drug-likeness (QED) is 0.389. The summed E-state index contributed by atoms with van der Waals surface area (Å²) in [4.78, 5) is 0. The average molecular weight is 481 g/mol. The molecule has 0 aromatic heterocycles. The van der Waals surface area contributed by atoms with Gasteiger partial charge in [0.15, 0.2) is 0 Å². The normalized spacial score (nSPS) is 11.3. The molecule has 0 atom stereocenters. The molecule has 0 aliphatic carbocycles. The average Bonchev–Trinajstić information content (AvgIpc) is 2.22. The van der Waals surface area contributed by atoms with Gasteiger partial charge in [0.05, 0.1) is 0 Å². The van der Waals surface area contributed by atoms with Crippen molar-refractivity contribution in [1.29, 1.82) is 0 Å². The van der Waals surface area contributed by atoms with E-state index in [1.165, 1.54) is 0 Å². The standard InChI is InChI=1S/C6H10Br4O3P/c7-1-5(2-8)12-14(11)13-6(3-9)4-10/h5-6H,1-4H2/q+1. The van der Waals surface area contributed by atoms with Gasteiger partial charge < -0.3 is 0 Å². The molecule has 14 heavy (non-hydrogen) atoms. The predicted molar refractivity (Wildman–Crippen MR) is 72.5 cm³/mol. The van der Waals surface area contributed by atoms with Crippen molar-refractivity contribution in [3.05, 3.63) is 0 Å². The highest BCUT2D eigenvalue weighted by atomic mass is 79.9. The maximum Gasteiger partial charge on any atom is 0.698 e. The third kappa shape index (κ3) is 7.25. The highest BCUT2D eigenvalue weighted by molar-refractivity contribution is 9.10. The molecule has 0 aromatic carbocycles. The summed E-state index contributed by atoms with van der Waals surface area (Å²) in [6, 6.07) is 0. The number of halogens is 4. The SMILES string of the molecule is O=[P+](OC(CBr)CBr)OC(CBr)CBr. The molecular weight excluding hydrogens is 471 g/mol. The second kappa shape index (κ2) is 10.1. The van der Waals surface area contributed by atoms with Crippen LogP contribution in [0.25, 0.3) is 0 Å². The Morgan fingerprint density at radius 1 is 0.857 bits per heavy atom. The van der Waals surface area contributed by atoms with E-state index in [-0.39, 0.29) is 12.2 Å². The van der Waals surface area contributed by atoms with Crippen LogP contribution in [0.3, 0.4) is 0 Å². The van der Waals surface area contributed by atoms with E-state index in [9.17, 15) is 4.57 Å². The van der Waals surface area contributed by atoms with Crippen molar-refractivity contribution in [3.8, 4) is 0 Å². The zero-order chi connectivity index (χ0) is 11.0. The third-order valence-corrected chi connectivity index (χ3v) is 4.99. The van der Waals surface area contributed by atoms with E-state index in [0.29, 0.717) is 21.3 Å². The Labute approximate surface area is 118 Å². The van der Waals surface area contributed by atoms with Crippen molar-refractivity contribution in [2.75, 3.05) is 21.3 Å². The Morgan fingerprint density at radius 3 is 1.36 bits per heavy atom. The second-order valence-corrected chi connectivity index (χ2v) is 5.75. The van der Waals surface area contributed by atoms with Crippen molar-refractivity contribution >= 4 is 72.0 Å². The molecule has 0 aliphatic rings. The second-order valence-electron chi connectivity index (χ2n) is 2.30. The Morgan fingerprint density at radius 2 is 1.14 bits per heavy atom. The fraction of sp³-hybridized carbons (Fsp3) is 1.00. The van der Waals surface area contributed by atoms with Crippen LogP contribution in [-0.4, -0.2) is 33.5 Å². The molecule has 0 spiro atoms. The zero-order valence-corrected chi connectivity index (χ0v) is 14.4. The molecule has 0 heterocycles. The number of alkyl halides is 4. The molecule has 0 saturated heterocycles. The lowest BCUT2D eigenvalue weighted by molar-refractivity contribution is 0.170. The van der Waals surface area contributed by atoms with Gasteiger partial charge in [-0.1, -0.05) is 63.7 Å². The van der Waals surface area contributed by atoms with Gasteiger partial charge in [0.2, 0.25) is 0 Å². The Hall–Kier alpha value is 1.94. The molecule has 0 radical (unpaired) electrons. The molecule has 0 unspecified atom stereocenters. The highest BCUT2D eigenvalue weighted by Crippen LogP contribution is 2.30. The lowest BCUT2D eigenvalue weighted by Gasteiger charge is -2.04. The van der Waals surface area contributed by atoms with Gasteiger partial charge in [0.1, 0.15) is 12.2 Å². The first-order valence-corrected chi connectivity index (χ1v) is 9.30. The number of hydrogen-bond donors (Lipinski definition) is 0. The summed E-state index contributed by atoms with van der Waals surface area (Å²) in [5, 5.41) is 2.48. The van der Waals surface area contributed by atoms with E-state index < -0.39 is 8.25 Å². The smallest absolute Gasteiger partial charge is 0.114 e. The van der Waals surface area contributed by atoms with E-state index in [1.54, 1.807) is 0 Å². The van der Waals surface area contributed by atoms with Crippen LogP contribution in [0.1, 0.15) is 0 Å². The Bertz CT molecular complexity index is 147. The molecular formula is C6H10Br4O3P+. The number of rotatable bonds is 8. The van der Waals surface area contributed by atoms with Gasteiger partial charge >= 0.3 is 8.25 Å². The van der Waals surface area contributed by atoms with Gasteiger partial charge in [-0.3, -0.25) is 0 Å². The maximum absolute atomic E-state index is 11.3. The molecule has 0 rings (SSSR count). The molecule has 0 aliphatic heterocycles. The molecule has 0 N–H and O–H groups in total. The Kier molecular flexibility index (Phi) is 11.5. The predicted octanol–water partition coefficient (Wildman–Crippen LogP) is 3.99. The van der Waals surface area contributed by atoms with E-state index >= 15 is 0 Å². The molecule has 84 valence electrons. The summed E-state index contributed by atoms with van der Waals surface area (Å²) in [5.41, 5.74) is 0. The van der Waals surface area contributed by atoms with E-state index in [4.69, 9.17) is 9.05 Å². The summed E-state index contributed by atoms with van der Waals surface area (Å²) in [5.74, 6) is 0. The maximum atomic E-state index is 11.3. The first-order valence-electron chi connectivity index (χ1n) is 3.72. The van der Waals surface area contributed by atoms with E-state index in [1.807, 2.05) is 0 Å². The van der Waals surface area contributed by atoms with Gasteiger partial charge in [0.25, 0.3) is 0 Å². The molecule has 0 saturated carbocycles. The molecule has 3 nitrogen and oxygen atoms in total. The van der Waals surface area contributed by atoms with Crippen molar-refractivity contribution < 1.29 is 13.6 Å². The first kappa shape index (κ1) is 15.9. The lowest BCUT2D eigenvalue weighted by Crippen LogP contribution is -2.16. The Balaban J connectivity index is 3.83. The third-order valence-electron chi connectivity index (χ3n) is 1.16. The van der Waals surface area contributed by atoms with Crippen LogP contribution < -0.4 is 0 Å². The fourth-order valence-electron chi connectivity index (χ4n) is 0.463. The van der Waals surface area contributed by atoms with Crippen LogP contribution in [-0.2, 0) is 13.6 Å². The molecule has 0 fully saturated rings. The monoisotopic (exact) mass is 477 g/mol. The minimum absolute atomic E-state index is 0.134. The summed E-state index contributed by atoms with van der Waals surface area (Å²) in [6.45, 7) is 0. The van der Waals surface area contributed by atoms with Gasteiger partial charge in [-0.05, 0) is 0 Å². The van der Waals surface area contributed by atoms with Gasteiger partial charge in [-0.2, -0.15) is 0 Å². The molecule has 0 aromatic rings. The van der Waals surface area contributed by atoms with Gasteiger partial charge in [-0.25, -0.2) is 0 Å². The van der Waals surface area contributed by atoms with Crippen molar-refractivity contribution in [2.24, 2.45) is 0 Å². The van der Waals surface area contributed by atoms with Crippen LogP contribution in [0.15, 0.2) is 0 Å². The minimum Gasteiger partial charge on any atom is -0.114 e. The van der Waals surface area contributed by atoms with E-state index in [0.717, 1.165) is 0 Å². The largest absolute Gasteiger partial charge is 0.698 e. The van der Waals surface area contributed by atoms with Crippen molar-refractivity contribution in [2.45, 2.75) is 12.2 Å². The highest BCUT2D eigenvalue weighted by Gasteiger charge is 2.30. The van der Waals surface area contributed by atoms with Crippen molar-refractivity contribution in [1.82, 2.24) is 0 Å². The lowest BCUT2D eigenvalue weighted by atomic mass is 10.5. The van der Waals surface area contributed by atoms with Gasteiger partial charge in [0, 0.05) is 25.9 Å². The van der Waals surface area contributed by atoms with E-state index in [2.05, 4.69) is 63.7 Å². The van der Waals surface area contributed by atoms with Crippen molar-refractivity contribution in [3.63, 3.8) is 0 Å². The minimum atomic E-state index is -2.05. The van der Waals surface area contributed by atoms with Gasteiger partial charge in [-0.15, -0.1) is 9.05 Å². The van der Waals surface area contributed by atoms with Crippen LogP contribution in [0.5, 0.6) is 0 Å². The molecule has 0 amide bonds. The van der Waals surface area contributed by atoms with Crippen LogP contribution in [0.4, 0.5) is 0 Å². The molecule has 8 heteroatoms. The fourth-order valence-corrected chi connectivity index (χ4v) is 4.79. The topological polar surface area (TPSA) is 35.5 Å².